The number of rotatable bonds is 1. The Morgan fingerprint density at radius 1 is 1.20 bits per heavy atom. The molecular weight excluding hydrogens is 182 g/mol. The molecule has 0 aliphatic heterocycles. The van der Waals surface area contributed by atoms with Crippen LogP contribution in [0.15, 0.2) is 18.2 Å². The minimum Gasteiger partial charge on any atom is -0.330 e. The molecule has 2 N–H and O–H groups in total. The third kappa shape index (κ3) is 1.41. The molecule has 0 saturated heterocycles. The summed E-state index contributed by atoms with van der Waals surface area (Å²) in [4.78, 5) is 0. The molecule has 0 radical (unpaired) electrons. The van der Waals surface area contributed by atoms with E-state index in [1.165, 1.54) is 32.1 Å². The molecule has 0 amide bonds. The molecule has 0 aromatic heterocycles. The molecule has 0 fully saturated rings. The van der Waals surface area contributed by atoms with Gasteiger partial charge in [0.25, 0.3) is 0 Å². The average Bonchev–Trinajstić information content (AvgIpc) is 2.30. The van der Waals surface area contributed by atoms with Crippen LogP contribution in [0.4, 0.5) is 0 Å². The Kier molecular flexibility index (Phi) is 2.28. The maximum absolute atomic E-state index is 5.87. The molecule has 0 spiro atoms. The Morgan fingerprint density at radius 2 is 2.13 bits per heavy atom. The first-order valence-electron chi connectivity index (χ1n) is 6.22. The van der Waals surface area contributed by atoms with Crippen molar-refractivity contribution in [2.45, 2.75) is 43.9 Å². The molecule has 80 valence electrons. The van der Waals surface area contributed by atoms with Crippen LogP contribution in [0.1, 0.15) is 54.2 Å². The molecule has 15 heavy (non-hydrogen) atoms. The Balaban J connectivity index is 2.13. The molecular formula is C14H19N. The minimum absolute atomic E-state index is 0.634. The average molecular weight is 201 g/mol. The fraction of sp³-hybridized carbons (Fsp3) is 0.571. The molecule has 2 unspecified atom stereocenters. The Hall–Kier alpha value is -0.820. The van der Waals surface area contributed by atoms with Crippen LogP contribution in [0, 0.1) is 0 Å². The zero-order valence-electron chi connectivity index (χ0n) is 9.21. The van der Waals surface area contributed by atoms with E-state index in [1.54, 1.807) is 16.7 Å². The van der Waals surface area contributed by atoms with Gasteiger partial charge in [-0.1, -0.05) is 18.2 Å². The fourth-order valence-electron chi connectivity index (χ4n) is 3.48. The molecule has 1 aromatic carbocycles. The number of hydrogen-bond acceptors (Lipinski definition) is 1. The Labute approximate surface area is 91.7 Å². The van der Waals surface area contributed by atoms with Gasteiger partial charge in [-0.25, -0.2) is 0 Å². The van der Waals surface area contributed by atoms with E-state index < -0.39 is 0 Å². The Bertz CT molecular complexity index is 370. The number of aryl methyl sites for hydroxylation is 1. The minimum atomic E-state index is 0.634. The number of hydrogen-bond donors (Lipinski definition) is 1. The van der Waals surface area contributed by atoms with Crippen LogP contribution >= 0.6 is 0 Å². The molecule has 1 aromatic rings. The van der Waals surface area contributed by atoms with Crippen molar-refractivity contribution in [3.8, 4) is 0 Å². The molecule has 2 aliphatic rings. The van der Waals surface area contributed by atoms with Crippen molar-refractivity contribution in [1.82, 2.24) is 0 Å². The largest absolute Gasteiger partial charge is 0.330 e. The highest BCUT2D eigenvalue weighted by Crippen LogP contribution is 2.45. The molecule has 3 rings (SSSR count). The van der Waals surface area contributed by atoms with E-state index in [-0.39, 0.29) is 0 Å². The first-order chi connectivity index (χ1) is 7.40. The van der Waals surface area contributed by atoms with Crippen molar-refractivity contribution in [3.05, 3.63) is 34.9 Å². The van der Waals surface area contributed by atoms with Gasteiger partial charge in [0.15, 0.2) is 0 Å². The number of nitrogens with two attached hydrogens (primary N) is 1. The summed E-state index contributed by atoms with van der Waals surface area (Å²) in [6, 6.07) is 6.86. The molecule has 2 aliphatic carbocycles. The van der Waals surface area contributed by atoms with E-state index in [9.17, 15) is 0 Å². The zero-order chi connectivity index (χ0) is 10.3. The highest BCUT2D eigenvalue weighted by atomic mass is 14.6. The normalized spacial score (nSPS) is 28.6. The summed E-state index contributed by atoms with van der Waals surface area (Å²) in [5.74, 6) is 1.49. The van der Waals surface area contributed by atoms with E-state index >= 15 is 0 Å². The van der Waals surface area contributed by atoms with Crippen molar-refractivity contribution in [1.29, 1.82) is 0 Å². The first-order valence-corrected chi connectivity index (χ1v) is 6.22. The van der Waals surface area contributed by atoms with Gasteiger partial charge in [0, 0.05) is 0 Å². The van der Waals surface area contributed by atoms with Gasteiger partial charge in [0.2, 0.25) is 0 Å². The standard InChI is InChI=1S/C14H19N/c15-9-12-8-7-11-4-1-3-10-5-2-6-13(12)14(10)11/h2,5-6,11-12H,1,3-4,7-9,15H2. The lowest BCUT2D eigenvalue weighted by atomic mass is 9.70. The summed E-state index contributed by atoms with van der Waals surface area (Å²) < 4.78 is 0. The van der Waals surface area contributed by atoms with Crippen molar-refractivity contribution < 1.29 is 0 Å². The number of benzene rings is 1. The van der Waals surface area contributed by atoms with E-state index in [2.05, 4.69) is 18.2 Å². The summed E-state index contributed by atoms with van der Waals surface area (Å²) >= 11 is 0. The van der Waals surface area contributed by atoms with Crippen molar-refractivity contribution in [2.75, 3.05) is 6.54 Å². The molecule has 2 atom stereocenters. The highest BCUT2D eigenvalue weighted by Gasteiger charge is 2.30. The smallest absolute Gasteiger partial charge is 0.000813 e. The lowest BCUT2D eigenvalue weighted by molar-refractivity contribution is 0.436. The molecule has 1 heteroatoms. The van der Waals surface area contributed by atoms with Crippen LogP contribution in [-0.4, -0.2) is 6.54 Å². The monoisotopic (exact) mass is 201 g/mol. The van der Waals surface area contributed by atoms with E-state index in [1.807, 2.05) is 0 Å². The quantitative estimate of drug-likeness (QED) is 0.742. The van der Waals surface area contributed by atoms with Gasteiger partial charge in [-0.2, -0.15) is 0 Å². The van der Waals surface area contributed by atoms with Gasteiger partial charge in [0.1, 0.15) is 0 Å². The summed E-state index contributed by atoms with van der Waals surface area (Å²) in [5, 5.41) is 0. The second-order valence-electron chi connectivity index (χ2n) is 5.02. The van der Waals surface area contributed by atoms with Gasteiger partial charge < -0.3 is 5.73 Å². The SMILES string of the molecule is NCC1CCC2CCCc3cccc1c32. The van der Waals surface area contributed by atoms with E-state index in [4.69, 9.17) is 5.73 Å². The predicted molar refractivity (Wildman–Crippen MR) is 63.2 cm³/mol. The summed E-state index contributed by atoms with van der Waals surface area (Å²) in [6.07, 6.45) is 6.75. The summed E-state index contributed by atoms with van der Waals surface area (Å²) in [7, 11) is 0. The lowest BCUT2D eigenvalue weighted by Crippen LogP contribution is -2.24. The second kappa shape index (κ2) is 3.64. The van der Waals surface area contributed by atoms with Crippen LogP contribution in [0.5, 0.6) is 0 Å². The maximum atomic E-state index is 5.87. The van der Waals surface area contributed by atoms with Gasteiger partial charge in [0.05, 0.1) is 0 Å². The molecule has 0 heterocycles. The predicted octanol–water partition coefficient (Wildman–Crippen LogP) is 2.94. The van der Waals surface area contributed by atoms with Crippen molar-refractivity contribution in [3.63, 3.8) is 0 Å². The van der Waals surface area contributed by atoms with Crippen LogP contribution in [-0.2, 0) is 6.42 Å². The molecule has 0 saturated carbocycles. The van der Waals surface area contributed by atoms with Gasteiger partial charge >= 0.3 is 0 Å². The van der Waals surface area contributed by atoms with Gasteiger partial charge in [-0.3, -0.25) is 0 Å². The third-order valence-electron chi connectivity index (χ3n) is 4.23. The summed E-state index contributed by atoms with van der Waals surface area (Å²) in [6.45, 7) is 0.823. The van der Waals surface area contributed by atoms with Crippen LogP contribution in [0.25, 0.3) is 0 Å². The second-order valence-corrected chi connectivity index (χ2v) is 5.02. The highest BCUT2D eigenvalue weighted by molar-refractivity contribution is 5.43. The van der Waals surface area contributed by atoms with Crippen LogP contribution in [0.2, 0.25) is 0 Å². The Morgan fingerprint density at radius 3 is 3.00 bits per heavy atom. The summed E-state index contributed by atoms with van der Waals surface area (Å²) in [5.41, 5.74) is 10.7. The van der Waals surface area contributed by atoms with Crippen LogP contribution in [0.3, 0.4) is 0 Å². The van der Waals surface area contributed by atoms with Gasteiger partial charge in [-0.05, 0) is 67.2 Å². The van der Waals surface area contributed by atoms with Crippen molar-refractivity contribution in [2.24, 2.45) is 5.73 Å². The first kappa shape index (κ1) is 9.41. The third-order valence-corrected chi connectivity index (χ3v) is 4.23. The fourth-order valence-corrected chi connectivity index (χ4v) is 3.48. The van der Waals surface area contributed by atoms with Gasteiger partial charge in [-0.15, -0.1) is 0 Å². The van der Waals surface area contributed by atoms with E-state index in [0.29, 0.717) is 5.92 Å². The van der Waals surface area contributed by atoms with Crippen molar-refractivity contribution >= 4 is 0 Å². The maximum Gasteiger partial charge on any atom is -0.000813 e. The van der Waals surface area contributed by atoms with Crippen LogP contribution < -0.4 is 5.73 Å². The lowest BCUT2D eigenvalue weighted by Gasteiger charge is -2.35. The molecule has 1 nitrogen and oxygen atoms in total. The molecule has 0 bridgehead atoms. The zero-order valence-corrected chi connectivity index (χ0v) is 9.21. The topological polar surface area (TPSA) is 26.0 Å². The van der Waals surface area contributed by atoms with E-state index in [0.717, 1.165) is 12.5 Å².